The van der Waals surface area contributed by atoms with E-state index in [-0.39, 0.29) is 5.91 Å². The number of likely N-dealkylation sites (N-methyl/N-ethyl adjacent to an activating group) is 1. The second-order valence-corrected chi connectivity index (χ2v) is 5.42. The highest BCUT2D eigenvalue weighted by molar-refractivity contribution is 5.99. The topological polar surface area (TPSA) is 75.6 Å². The number of carbonyl (C=O) groups is 1. The highest BCUT2D eigenvalue weighted by atomic mass is 16.2. The molecule has 19 heavy (non-hydrogen) atoms. The quantitative estimate of drug-likeness (QED) is 0.741. The molecular formula is C14H22N4O. The Morgan fingerprint density at radius 2 is 1.79 bits per heavy atom. The predicted octanol–water partition coefficient (Wildman–Crippen LogP) is 1.02. The van der Waals surface area contributed by atoms with Crippen LogP contribution >= 0.6 is 0 Å². The Morgan fingerprint density at radius 1 is 1.21 bits per heavy atom. The first-order chi connectivity index (χ1) is 8.90. The van der Waals surface area contributed by atoms with Gasteiger partial charge in [-0.3, -0.25) is 9.69 Å². The van der Waals surface area contributed by atoms with Crippen molar-refractivity contribution in [1.82, 2.24) is 9.80 Å². The standard InChI is InChI=1S/C14H22N4O/c1-9-7-18(8-10(2)17(9)3)14(19)12-5-4-11(15)6-13(12)16/h4-6,9-10H,7-8,15-16H2,1-3H3. The molecular weight excluding hydrogens is 240 g/mol. The Balaban J connectivity index is 2.20. The number of hydrogen-bond acceptors (Lipinski definition) is 4. The Morgan fingerprint density at radius 3 is 2.32 bits per heavy atom. The van der Waals surface area contributed by atoms with Crippen LogP contribution in [0.25, 0.3) is 0 Å². The number of nitrogens with two attached hydrogens (primary N) is 2. The van der Waals surface area contributed by atoms with Crippen molar-refractivity contribution in [3.8, 4) is 0 Å². The van der Waals surface area contributed by atoms with Gasteiger partial charge in [-0.2, -0.15) is 0 Å². The van der Waals surface area contributed by atoms with E-state index in [9.17, 15) is 4.79 Å². The average Bonchev–Trinajstić information content (AvgIpc) is 2.34. The van der Waals surface area contributed by atoms with Gasteiger partial charge in [0.15, 0.2) is 0 Å². The number of rotatable bonds is 1. The molecule has 104 valence electrons. The number of carbonyl (C=O) groups excluding carboxylic acids is 1. The van der Waals surface area contributed by atoms with Crippen LogP contribution in [0.2, 0.25) is 0 Å². The molecule has 1 heterocycles. The lowest BCUT2D eigenvalue weighted by Crippen LogP contribution is -2.56. The molecule has 5 nitrogen and oxygen atoms in total. The fourth-order valence-corrected chi connectivity index (χ4v) is 2.52. The monoisotopic (exact) mass is 262 g/mol. The maximum atomic E-state index is 12.5. The lowest BCUT2D eigenvalue weighted by Gasteiger charge is -2.42. The molecule has 0 radical (unpaired) electrons. The number of hydrogen-bond donors (Lipinski definition) is 2. The lowest BCUT2D eigenvalue weighted by atomic mass is 10.1. The molecule has 0 saturated carbocycles. The number of piperazine rings is 1. The van der Waals surface area contributed by atoms with Crippen LogP contribution in [-0.2, 0) is 0 Å². The Kier molecular flexibility index (Phi) is 3.66. The van der Waals surface area contributed by atoms with Gasteiger partial charge < -0.3 is 16.4 Å². The second-order valence-electron chi connectivity index (χ2n) is 5.42. The predicted molar refractivity (Wildman–Crippen MR) is 77.9 cm³/mol. The van der Waals surface area contributed by atoms with Gasteiger partial charge >= 0.3 is 0 Å². The van der Waals surface area contributed by atoms with E-state index in [1.165, 1.54) is 0 Å². The zero-order chi connectivity index (χ0) is 14.2. The van der Waals surface area contributed by atoms with Crippen LogP contribution < -0.4 is 11.5 Å². The molecule has 2 unspecified atom stereocenters. The van der Waals surface area contributed by atoms with E-state index in [0.717, 1.165) is 13.1 Å². The summed E-state index contributed by atoms with van der Waals surface area (Å²) in [5.74, 6) is -0.00991. The van der Waals surface area contributed by atoms with E-state index in [1.807, 2.05) is 4.90 Å². The van der Waals surface area contributed by atoms with E-state index in [1.54, 1.807) is 18.2 Å². The zero-order valence-electron chi connectivity index (χ0n) is 11.8. The SMILES string of the molecule is CC1CN(C(=O)c2ccc(N)cc2N)CC(C)N1C. The molecule has 1 aliphatic rings. The smallest absolute Gasteiger partial charge is 0.256 e. The maximum Gasteiger partial charge on any atom is 0.256 e. The van der Waals surface area contributed by atoms with Gasteiger partial charge in [-0.15, -0.1) is 0 Å². The van der Waals surface area contributed by atoms with Crippen LogP contribution in [0.4, 0.5) is 11.4 Å². The van der Waals surface area contributed by atoms with Crippen LogP contribution in [0, 0.1) is 0 Å². The fourth-order valence-electron chi connectivity index (χ4n) is 2.52. The Labute approximate surface area is 114 Å². The summed E-state index contributed by atoms with van der Waals surface area (Å²) in [5.41, 5.74) is 13.1. The third-order valence-electron chi connectivity index (χ3n) is 3.95. The van der Waals surface area contributed by atoms with Gasteiger partial charge in [0.1, 0.15) is 0 Å². The molecule has 1 aromatic rings. The molecule has 2 rings (SSSR count). The van der Waals surface area contributed by atoms with Gasteiger partial charge in [0.2, 0.25) is 0 Å². The number of anilines is 2. The highest BCUT2D eigenvalue weighted by Crippen LogP contribution is 2.21. The summed E-state index contributed by atoms with van der Waals surface area (Å²) in [4.78, 5) is 16.7. The number of amides is 1. The molecule has 0 spiro atoms. The van der Waals surface area contributed by atoms with Crippen LogP contribution in [0.1, 0.15) is 24.2 Å². The van der Waals surface area contributed by atoms with Crippen LogP contribution in [0.5, 0.6) is 0 Å². The van der Waals surface area contributed by atoms with Crippen molar-refractivity contribution < 1.29 is 4.79 Å². The van der Waals surface area contributed by atoms with Crippen molar-refractivity contribution in [2.75, 3.05) is 31.6 Å². The van der Waals surface area contributed by atoms with E-state index in [4.69, 9.17) is 11.5 Å². The molecule has 0 aromatic heterocycles. The van der Waals surface area contributed by atoms with Crippen molar-refractivity contribution >= 4 is 17.3 Å². The van der Waals surface area contributed by atoms with E-state index >= 15 is 0 Å². The molecule has 1 aliphatic heterocycles. The van der Waals surface area contributed by atoms with Gasteiger partial charge in [-0.25, -0.2) is 0 Å². The van der Waals surface area contributed by atoms with Gasteiger partial charge in [-0.1, -0.05) is 0 Å². The third kappa shape index (κ3) is 2.66. The lowest BCUT2D eigenvalue weighted by molar-refractivity contribution is 0.0415. The summed E-state index contributed by atoms with van der Waals surface area (Å²) < 4.78 is 0. The number of nitrogens with zero attached hydrogens (tertiary/aromatic N) is 2. The van der Waals surface area contributed by atoms with E-state index in [2.05, 4.69) is 25.8 Å². The minimum absolute atomic E-state index is 0.00991. The molecule has 4 N–H and O–H groups in total. The van der Waals surface area contributed by atoms with Crippen molar-refractivity contribution in [2.45, 2.75) is 25.9 Å². The van der Waals surface area contributed by atoms with Crippen LogP contribution in [0.3, 0.4) is 0 Å². The van der Waals surface area contributed by atoms with Gasteiger partial charge in [0.05, 0.1) is 5.56 Å². The molecule has 2 atom stereocenters. The molecule has 0 aliphatic carbocycles. The minimum atomic E-state index is -0.00991. The maximum absolute atomic E-state index is 12.5. The van der Waals surface area contributed by atoms with E-state index < -0.39 is 0 Å². The third-order valence-corrected chi connectivity index (χ3v) is 3.95. The van der Waals surface area contributed by atoms with Crippen molar-refractivity contribution in [1.29, 1.82) is 0 Å². The summed E-state index contributed by atoms with van der Waals surface area (Å²) in [6.45, 7) is 5.71. The van der Waals surface area contributed by atoms with E-state index in [0.29, 0.717) is 29.0 Å². The van der Waals surface area contributed by atoms with Gasteiger partial charge in [-0.05, 0) is 39.1 Å². The Bertz CT molecular complexity index is 476. The highest BCUT2D eigenvalue weighted by Gasteiger charge is 2.30. The molecule has 1 fully saturated rings. The summed E-state index contributed by atoms with van der Waals surface area (Å²) in [6, 6.07) is 5.76. The molecule has 1 amide bonds. The largest absolute Gasteiger partial charge is 0.399 e. The van der Waals surface area contributed by atoms with Gasteiger partial charge in [0.25, 0.3) is 5.91 Å². The summed E-state index contributed by atoms with van der Waals surface area (Å²) in [7, 11) is 2.09. The number of benzene rings is 1. The summed E-state index contributed by atoms with van der Waals surface area (Å²) in [5, 5.41) is 0. The normalized spacial score (nSPS) is 24.5. The van der Waals surface area contributed by atoms with Gasteiger partial charge in [0, 0.05) is 36.5 Å². The number of nitrogen functional groups attached to an aromatic ring is 2. The first kappa shape index (κ1) is 13.7. The van der Waals surface area contributed by atoms with Crippen LogP contribution in [0.15, 0.2) is 18.2 Å². The second kappa shape index (κ2) is 5.09. The Hall–Kier alpha value is -1.75. The van der Waals surface area contributed by atoms with Crippen molar-refractivity contribution in [2.24, 2.45) is 0 Å². The average molecular weight is 262 g/mol. The molecule has 0 bridgehead atoms. The first-order valence-corrected chi connectivity index (χ1v) is 6.56. The fraction of sp³-hybridized carbons (Fsp3) is 0.500. The summed E-state index contributed by atoms with van der Waals surface area (Å²) >= 11 is 0. The zero-order valence-corrected chi connectivity index (χ0v) is 11.8. The molecule has 1 aromatic carbocycles. The first-order valence-electron chi connectivity index (χ1n) is 6.56. The van der Waals surface area contributed by atoms with Crippen molar-refractivity contribution in [3.05, 3.63) is 23.8 Å². The molecule has 1 saturated heterocycles. The minimum Gasteiger partial charge on any atom is -0.399 e. The molecule has 5 heteroatoms. The van der Waals surface area contributed by atoms with Crippen molar-refractivity contribution in [3.63, 3.8) is 0 Å². The summed E-state index contributed by atoms with van der Waals surface area (Å²) in [6.07, 6.45) is 0. The van der Waals surface area contributed by atoms with Crippen LogP contribution in [-0.4, -0.2) is 47.9 Å².